The Balaban J connectivity index is 1.94. The van der Waals surface area contributed by atoms with Gasteiger partial charge >= 0.3 is 11.9 Å². The average molecular weight is 623 g/mol. The van der Waals surface area contributed by atoms with E-state index in [-0.39, 0.29) is 36.4 Å². The largest absolute Gasteiger partial charge is 0.481 e. The number of ketones is 1. The van der Waals surface area contributed by atoms with Crippen molar-refractivity contribution >= 4 is 29.5 Å². The molecule has 9 heteroatoms. The number of Topliss-reactive ketones (excluding diaryl/α,β-unsaturated/α-hetero) is 1. The van der Waals surface area contributed by atoms with E-state index in [0.717, 1.165) is 44.9 Å². The lowest BCUT2D eigenvalue weighted by molar-refractivity contribution is -0.143. The summed E-state index contributed by atoms with van der Waals surface area (Å²) in [6.07, 6.45) is 23.7. The Kier molecular flexibility index (Phi) is 23.2. The molecule has 9 nitrogen and oxygen atoms in total. The first-order valence-corrected chi connectivity index (χ1v) is 17.8. The lowest BCUT2D eigenvalue weighted by atomic mass is 9.81. The maximum Gasteiger partial charge on any atom is 0.326 e. The van der Waals surface area contributed by atoms with Gasteiger partial charge in [-0.2, -0.15) is 0 Å². The number of carboxylic acid groups (broad SMARTS) is 2. The van der Waals surface area contributed by atoms with Crippen molar-refractivity contribution in [2.75, 3.05) is 6.54 Å². The Morgan fingerprint density at radius 3 is 1.52 bits per heavy atom. The molecule has 0 heterocycles. The summed E-state index contributed by atoms with van der Waals surface area (Å²) in [6, 6.07) is -1.03. The van der Waals surface area contributed by atoms with Gasteiger partial charge in [-0.05, 0) is 50.9 Å². The zero-order chi connectivity index (χ0) is 32.4. The highest BCUT2D eigenvalue weighted by molar-refractivity contribution is 5.86. The molecule has 4 N–H and O–H groups in total. The van der Waals surface area contributed by atoms with E-state index in [2.05, 4.69) is 10.6 Å². The molecule has 0 aromatic heterocycles. The summed E-state index contributed by atoms with van der Waals surface area (Å²) in [5.41, 5.74) is 0. The summed E-state index contributed by atoms with van der Waals surface area (Å²) in [4.78, 5) is 58.4. The number of amides is 2. The molecule has 254 valence electrons. The minimum absolute atomic E-state index is 0.00570. The van der Waals surface area contributed by atoms with Gasteiger partial charge in [-0.15, -0.1) is 0 Å². The number of nitrogens with one attached hydrogen (secondary N) is 2. The summed E-state index contributed by atoms with van der Waals surface area (Å²) in [5, 5.41) is 23.7. The van der Waals surface area contributed by atoms with Crippen LogP contribution in [-0.4, -0.2) is 52.3 Å². The molecule has 2 amide bonds. The number of aliphatic carboxylic acids is 2. The maximum absolute atomic E-state index is 12.6. The third-order valence-electron chi connectivity index (χ3n) is 9.07. The minimum Gasteiger partial charge on any atom is -0.481 e. The third-order valence-corrected chi connectivity index (χ3v) is 9.07. The molecule has 1 atom stereocenters. The van der Waals surface area contributed by atoms with Gasteiger partial charge in [-0.1, -0.05) is 96.8 Å². The summed E-state index contributed by atoms with van der Waals surface area (Å²) < 4.78 is 0. The average Bonchev–Trinajstić information content (AvgIpc) is 3.01. The second kappa shape index (κ2) is 25.8. The number of carboxylic acids is 2. The van der Waals surface area contributed by atoms with Crippen LogP contribution in [-0.2, 0) is 24.0 Å². The fraction of sp³-hybridized carbons (Fsp3) is 0.857. The second-order valence-corrected chi connectivity index (χ2v) is 12.9. The molecule has 0 saturated heterocycles. The van der Waals surface area contributed by atoms with E-state index < -0.39 is 18.0 Å². The van der Waals surface area contributed by atoms with Crippen molar-refractivity contribution in [1.82, 2.24) is 10.6 Å². The van der Waals surface area contributed by atoms with Crippen molar-refractivity contribution in [2.24, 2.45) is 11.8 Å². The fourth-order valence-corrected chi connectivity index (χ4v) is 6.04. The standard InChI is InChI=1S/C35H62N2O7/c1-2-30(38)25-26-31(35(43)44)37-34(42)29-23-21-28(22-24-29)27-36-32(39)19-17-15-13-11-9-7-5-3-4-6-8-10-12-14-16-18-20-33(40)41/h28-29,31H,2-27H2,1H3,(H,36,39)(H,37,42)(H,40,41)(H,43,44)/t28-,29-,31-/m0/s1. The number of hydrogen-bond acceptors (Lipinski definition) is 5. The first-order valence-electron chi connectivity index (χ1n) is 17.8. The number of rotatable bonds is 28. The quantitative estimate of drug-likeness (QED) is 0.0667. The van der Waals surface area contributed by atoms with Crippen LogP contribution in [0, 0.1) is 11.8 Å². The monoisotopic (exact) mass is 622 g/mol. The molecule has 1 aliphatic rings. The van der Waals surface area contributed by atoms with Gasteiger partial charge in [-0.25, -0.2) is 4.79 Å². The first-order chi connectivity index (χ1) is 21.2. The normalized spacial score (nSPS) is 17.1. The second-order valence-electron chi connectivity index (χ2n) is 12.9. The minimum atomic E-state index is -1.10. The topological polar surface area (TPSA) is 150 Å². The van der Waals surface area contributed by atoms with Gasteiger partial charge < -0.3 is 20.8 Å². The van der Waals surface area contributed by atoms with Gasteiger partial charge in [0.2, 0.25) is 11.8 Å². The smallest absolute Gasteiger partial charge is 0.326 e. The molecule has 0 aromatic rings. The number of hydrogen-bond donors (Lipinski definition) is 4. The lowest BCUT2D eigenvalue weighted by Gasteiger charge is -2.28. The maximum atomic E-state index is 12.6. The van der Waals surface area contributed by atoms with Gasteiger partial charge in [0.05, 0.1) is 0 Å². The van der Waals surface area contributed by atoms with Crippen molar-refractivity contribution in [3.05, 3.63) is 0 Å². The number of carbonyl (C=O) groups is 5. The van der Waals surface area contributed by atoms with Crippen LogP contribution in [0.25, 0.3) is 0 Å². The molecule has 44 heavy (non-hydrogen) atoms. The highest BCUT2D eigenvalue weighted by atomic mass is 16.4. The van der Waals surface area contributed by atoms with Gasteiger partial charge in [0, 0.05) is 38.1 Å². The molecule has 0 bridgehead atoms. The van der Waals surface area contributed by atoms with E-state index in [0.29, 0.717) is 44.6 Å². The molecule has 0 radical (unpaired) electrons. The Morgan fingerprint density at radius 1 is 0.636 bits per heavy atom. The summed E-state index contributed by atoms with van der Waals surface area (Å²) in [7, 11) is 0. The van der Waals surface area contributed by atoms with Crippen LogP contribution in [0.4, 0.5) is 0 Å². The SMILES string of the molecule is CCC(=O)CC[C@H](NC(=O)[C@H]1CC[C@H](CNC(=O)CCCCCCCCCCCCCCCCCCC(=O)O)CC1)C(=O)O. The van der Waals surface area contributed by atoms with Crippen LogP contribution in [0.2, 0.25) is 0 Å². The summed E-state index contributed by atoms with van der Waals surface area (Å²) in [5.74, 6) is -1.79. The molecule has 0 aromatic carbocycles. The highest BCUT2D eigenvalue weighted by Gasteiger charge is 2.29. The lowest BCUT2D eigenvalue weighted by Crippen LogP contribution is -2.45. The molecule has 1 aliphatic carbocycles. The van der Waals surface area contributed by atoms with E-state index in [1.807, 2.05) is 0 Å². The first kappa shape index (κ1) is 39.6. The van der Waals surface area contributed by atoms with Crippen LogP contribution in [0.3, 0.4) is 0 Å². The van der Waals surface area contributed by atoms with Gasteiger partial charge in [0.25, 0.3) is 0 Å². The third kappa shape index (κ3) is 21.3. The number of unbranched alkanes of at least 4 members (excludes halogenated alkanes) is 15. The predicted molar refractivity (Wildman–Crippen MR) is 173 cm³/mol. The predicted octanol–water partition coefficient (Wildman–Crippen LogP) is 7.34. The Hall–Kier alpha value is -2.45. The Bertz CT molecular complexity index is 824. The van der Waals surface area contributed by atoms with Crippen molar-refractivity contribution in [2.45, 2.75) is 173 Å². The van der Waals surface area contributed by atoms with Crippen LogP contribution < -0.4 is 10.6 Å². The number of carbonyl (C=O) groups excluding carboxylic acids is 3. The van der Waals surface area contributed by atoms with Crippen LogP contribution in [0.15, 0.2) is 0 Å². The van der Waals surface area contributed by atoms with Crippen molar-refractivity contribution in [1.29, 1.82) is 0 Å². The van der Waals surface area contributed by atoms with E-state index in [1.54, 1.807) is 6.92 Å². The van der Waals surface area contributed by atoms with Crippen LogP contribution in [0.1, 0.15) is 167 Å². The Morgan fingerprint density at radius 2 is 1.09 bits per heavy atom. The molecule has 1 rings (SSSR count). The van der Waals surface area contributed by atoms with E-state index in [9.17, 15) is 29.1 Å². The van der Waals surface area contributed by atoms with E-state index in [1.165, 1.54) is 70.6 Å². The fourth-order valence-electron chi connectivity index (χ4n) is 6.04. The molecule has 1 fully saturated rings. The van der Waals surface area contributed by atoms with E-state index in [4.69, 9.17) is 5.11 Å². The Labute approximate surface area is 266 Å². The summed E-state index contributed by atoms with van der Waals surface area (Å²) >= 11 is 0. The van der Waals surface area contributed by atoms with Gasteiger partial charge in [0.15, 0.2) is 0 Å². The molecule has 0 spiro atoms. The van der Waals surface area contributed by atoms with Crippen LogP contribution in [0.5, 0.6) is 0 Å². The molecule has 1 saturated carbocycles. The molecule has 0 unspecified atom stereocenters. The van der Waals surface area contributed by atoms with Crippen molar-refractivity contribution in [3.63, 3.8) is 0 Å². The highest BCUT2D eigenvalue weighted by Crippen LogP contribution is 2.29. The van der Waals surface area contributed by atoms with Gasteiger partial charge in [0.1, 0.15) is 11.8 Å². The molecular weight excluding hydrogens is 560 g/mol. The zero-order valence-electron chi connectivity index (χ0n) is 27.6. The zero-order valence-corrected chi connectivity index (χ0v) is 27.6. The van der Waals surface area contributed by atoms with Crippen molar-refractivity contribution in [3.8, 4) is 0 Å². The van der Waals surface area contributed by atoms with Crippen LogP contribution >= 0.6 is 0 Å². The van der Waals surface area contributed by atoms with E-state index >= 15 is 0 Å². The van der Waals surface area contributed by atoms with Gasteiger partial charge in [-0.3, -0.25) is 19.2 Å². The summed E-state index contributed by atoms with van der Waals surface area (Å²) in [6.45, 7) is 2.38. The molecular formula is C35H62N2O7. The van der Waals surface area contributed by atoms with Crippen molar-refractivity contribution < 1.29 is 34.2 Å². The molecule has 0 aliphatic heterocycles.